The number of benzene rings is 2. The molecule has 2 aromatic rings. The molecule has 1 saturated heterocycles. The fraction of sp³-hybridized carbons (Fsp3) is 0.409. The fourth-order valence-electron chi connectivity index (χ4n) is 3.79. The molecule has 1 fully saturated rings. The van der Waals surface area contributed by atoms with Crippen molar-refractivity contribution in [2.45, 2.75) is 25.4 Å². The number of amides is 1. The minimum absolute atomic E-state index is 0.0207. The molecule has 0 radical (unpaired) electrons. The smallest absolute Gasteiger partial charge is 0.234 e. The number of halogens is 1. The normalized spacial score (nSPS) is 16.5. The Balaban J connectivity index is 1.62. The number of likely N-dealkylation sites (tertiary alicyclic amines) is 1. The first-order valence-electron chi connectivity index (χ1n) is 9.60. The second kappa shape index (κ2) is 9.85. The molecule has 7 heteroatoms. The Labute approximate surface area is 176 Å². The van der Waals surface area contributed by atoms with Crippen LogP contribution in [0.25, 0.3) is 0 Å². The molecule has 1 atom stereocenters. The van der Waals surface area contributed by atoms with E-state index in [1.54, 1.807) is 21.3 Å². The van der Waals surface area contributed by atoms with Gasteiger partial charge < -0.3 is 19.5 Å². The molecule has 1 aliphatic rings. The molecule has 156 valence electrons. The van der Waals surface area contributed by atoms with Crippen LogP contribution in [0.2, 0.25) is 5.02 Å². The van der Waals surface area contributed by atoms with E-state index >= 15 is 0 Å². The van der Waals surface area contributed by atoms with Gasteiger partial charge in [0.1, 0.15) is 0 Å². The quantitative estimate of drug-likeness (QED) is 0.706. The summed E-state index contributed by atoms with van der Waals surface area (Å²) in [6.07, 6.45) is 2.10. The number of nitrogens with one attached hydrogen (secondary N) is 1. The Morgan fingerprint density at radius 2 is 1.86 bits per heavy atom. The first-order valence-corrected chi connectivity index (χ1v) is 9.98. The molecule has 6 nitrogen and oxygen atoms in total. The van der Waals surface area contributed by atoms with E-state index in [-0.39, 0.29) is 11.9 Å². The second-order valence-corrected chi connectivity index (χ2v) is 7.43. The maximum absolute atomic E-state index is 12.6. The fourth-order valence-corrected chi connectivity index (χ4v) is 3.98. The molecule has 0 spiro atoms. The summed E-state index contributed by atoms with van der Waals surface area (Å²) in [4.78, 5) is 14.8. The predicted molar refractivity (Wildman–Crippen MR) is 113 cm³/mol. The van der Waals surface area contributed by atoms with Crippen molar-refractivity contribution in [2.24, 2.45) is 0 Å². The molecule has 1 unspecified atom stereocenters. The topological polar surface area (TPSA) is 60.0 Å². The van der Waals surface area contributed by atoms with Crippen molar-refractivity contribution >= 4 is 17.5 Å². The van der Waals surface area contributed by atoms with Crippen LogP contribution in [-0.4, -0.2) is 45.2 Å². The van der Waals surface area contributed by atoms with E-state index < -0.39 is 0 Å². The molecule has 29 heavy (non-hydrogen) atoms. The Bertz CT molecular complexity index is 833. The Kier molecular flexibility index (Phi) is 7.23. The zero-order chi connectivity index (χ0) is 20.8. The highest BCUT2D eigenvalue weighted by atomic mass is 35.5. The predicted octanol–water partition coefficient (Wildman–Crippen LogP) is 3.82. The molecule has 3 rings (SSSR count). The molecule has 1 N–H and O–H groups in total. The number of hydrogen-bond acceptors (Lipinski definition) is 5. The third kappa shape index (κ3) is 5.14. The van der Waals surface area contributed by atoms with E-state index in [1.807, 2.05) is 30.3 Å². The lowest BCUT2D eigenvalue weighted by Gasteiger charge is -2.24. The van der Waals surface area contributed by atoms with Gasteiger partial charge in [0.05, 0.1) is 27.9 Å². The van der Waals surface area contributed by atoms with E-state index in [9.17, 15) is 4.79 Å². The van der Waals surface area contributed by atoms with Gasteiger partial charge in [-0.25, -0.2) is 0 Å². The van der Waals surface area contributed by atoms with Crippen molar-refractivity contribution in [1.82, 2.24) is 10.2 Å². The largest absolute Gasteiger partial charge is 0.493 e. The van der Waals surface area contributed by atoms with Crippen LogP contribution < -0.4 is 19.5 Å². The van der Waals surface area contributed by atoms with Crippen LogP contribution in [0.5, 0.6) is 17.2 Å². The van der Waals surface area contributed by atoms with Gasteiger partial charge >= 0.3 is 0 Å². The summed E-state index contributed by atoms with van der Waals surface area (Å²) < 4.78 is 16.1. The minimum atomic E-state index is -0.0207. The van der Waals surface area contributed by atoms with E-state index in [1.165, 1.54) is 0 Å². The highest BCUT2D eigenvalue weighted by molar-refractivity contribution is 6.30. The van der Waals surface area contributed by atoms with E-state index in [2.05, 4.69) is 16.3 Å². The summed E-state index contributed by atoms with van der Waals surface area (Å²) in [6.45, 7) is 1.63. The van der Waals surface area contributed by atoms with Crippen molar-refractivity contribution in [1.29, 1.82) is 0 Å². The third-order valence-corrected chi connectivity index (χ3v) is 5.39. The van der Waals surface area contributed by atoms with E-state index in [0.29, 0.717) is 30.3 Å². The zero-order valence-electron chi connectivity index (χ0n) is 17.0. The van der Waals surface area contributed by atoms with E-state index in [0.717, 1.165) is 35.5 Å². The molecular formula is C22H27ClN2O4. The lowest BCUT2D eigenvalue weighted by atomic mass is 10.0. The number of ether oxygens (including phenoxy) is 3. The van der Waals surface area contributed by atoms with Gasteiger partial charge in [-0.2, -0.15) is 0 Å². The first kappa shape index (κ1) is 21.3. The standard InChI is InChI=1S/C22H27ClN2O4/c1-27-19-10-15(11-20(28-2)22(19)29-3)13-24-21(26)14-25-9-5-8-18(25)16-6-4-7-17(23)12-16/h4,6-7,10-12,18H,5,8-9,13-14H2,1-3H3,(H,24,26). The van der Waals surface area contributed by atoms with Gasteiger partial charge in [-0.15, -0.1) is 0 Å². The summed E-state index contributed by atoms with van der Waals surface area (Å²) >= 11 is 6.14. The van der Waals surface area contributed by atoms with Gasteiger partial charge in [-0.1, -0.05) is 23.7 Å². The summed E-state index contributed by atoms with van der Waals surface area (Å²) in [7, 11) is 4.71. The van der Waals surface area contributed by atoms with Gasteiger partial charge in [0.2, 0.25) is 11.7 Å². The number of nitrogens with zero attached hydrogens (tertiary/aromatic N) is 1. The van der Waals surface area contributed by atoms with E-state index in [4.69, 9.17) is 25.8 Å². The molecule has 1 heterocycles. The van der Waals surface area contributed by atoms with Crippen LogP contribution in [0.4, 0.5) is 0 Å². The van der Waals surface area contributed by atoms with Crippen LogP contribution in [-0.2, 0) is 11.3 Å². The van der Waals surface area contributed by atoms with Crippen molar-refractivity contribution in [3.63, 3.8) is 0 Å². The van der Waals surface area contributed by atoms with Crippen LogP contribution in [0.1, 0.15) is 30.0 Å². The van der Waals surface area contributed by atoms with Crippen LogP contribution >= 0.6 is 11.6 Å². The molecule has 0 aliphatic carbocycles. The average Bonchev–Trinajstić information content (AvgIpc) is 3.19. The lowest BCUT2D eigenvalue weighted by molar-refractivity contribution is -0.122. The van der Waals surface area contributed by atoms with Crippen LogP contribution in [0, 0.1) is 0 Å². The number of carbonyl (C=O) groups is 1. The van der Waals surface area contributed by atoms with Crippen molar-refractivity contribution in [3.8, 4) is 17.2 Å². The lowest BCUT2D eigenvalue weighted by Crippen LogP contribution is -2.36. The maximum Gasteiger partial charge on any atom is 0.234 e. The number of methoxy groups -OCH3 is 3. The minimum Gasteiger partial charge on any atom is -0.493 e. The highest BCUT2D eigenvalue weighted by Gasteiger charge is 2.27. The van der Waals surface area contributed by atoms with Gasteiger partial charge in [-0.3, -0.25) is 9.69 Å². The second-order valence-electron chi connectivity index (χ2n) is 6.99. The first-order chi connectivity index (χ1) is 14.0. The van der Waals surface area contributed by atoms with Crippen molar-refractivity contribution in [2.75, 3.05) is 34.4 Å². The zero-order valence-corrected chi connectivity index (χ0v) is 17.8. The van der Waals surface area contributed by atoms with Crippen LogP contribution in [0.15, 0.2) is 36.4 Å². The van der Waals surface area contributed by atoms with Crippen LogP contribution in [0.3, 0.4) is 0 Å². The molecule has 1 amide bonds. The maximum atomic E-state index is 12.6. The number of rotatable bonds is 8. The monoisotopic (exact) mass is 418 g/mol. The van der Waals surface area contributed by atoms with Gasteiger partial charge in [-0.05, 0) is 54.8 Å². The Morgan fingerprint density at radius 1 is 1.14 bits per heavy atom. The molecule has 2 aromatic carbocycles. The summed E-state index contributed by atoms with van der Waals surface area (Å²) in [6, 6.07) is 11.8. The summed E-state index contributed by atoms with van der Waals surface area (Å²) in [5.41, 5.74) is 2.04. The van der Waals surface area contributed by atoms with Gasteiger partial charge in [0, 0.05) is 17.6 Å². The molecule has 0 bridgehead atoms. The summed E-state index contributed by atoms with van der Waals surface area (Å²) in [5, 5.41) is 3.71. The third-order valence-electron chi connectivity index (χ3n) is 5.16. The van der Waals surface area contributed by atoms with Gasteiger partial charge in [0.15, 0.2) is 11.5 Å². The molecule has 1 aliphatic heterocycles. The highest BCUT2D eigenvalue weighted by Crippen LogP contribution is 2.38. The summed E-state index contributed by atoms with van der Waals surface area (Å²) in [5.74, 6) is 1.65. The van der Waals surface area contributed by atoms with Crippen molar-refractivity contribution < 1.29 is 19.0 Å². The van der Waals surface area contributed by atoms with Gasteiger partial charge in [0.25, 0.3) is 0 Å². The Morgan fingerprint density at radius 3 is 2.48 bits per heavy atom. The molecular weight excluding hydrogens is 392 g/mol. The number of hydrogen-bond donors (Lipinski definition) is 1. The SMILES string of the molecule is COc1cc(CNC(=O)CN2CCCC2c2cccc(Cl)c2)cc(OC)c1OC. The number of carbonyl (C=O) groups excluding carboxylic acids is 1. The molecule has 0 aromatic heterocycles. The van der Waals surface area contributed by atoms with Crippen molar-refractivity contribution in [3.05, 3.63) is 52.5 Å². The average molecular weight is 419 g/mol. The Hall–Kier alpha value is -2.44. The molecule has 0 saturated carbocycles.